The van der Waals surface area contributed by atoms with E-state index in [1.165, 1.54) is 11.8 Å². The quantitative estimate of drug-likeness (QED) is 0.630. The molecule has 0 atom stereocenters. The molecule has 0 bridgehead atoms. The molecule has 1 aromatic carbocycles. The van der Waals surface area contributed by atoms with Crippen molar-refractivity contribution in [1.82, 2.24) is 20.1 Å². The van der Waals surface area contributed by atoms with Crippen LogP contribution < -0.4 is 5.32 Å². The molecule has 22 heavy (non-hydrogen) atoms. The molecule has 1 N–H and O–H groups in total. The Balaban J connectivity index is 2.16. The fourth-order valence-electron chi connectivity index (χ4n) is 2.07. The fraction of sp³-hybridized carbons (Fsp3) is 0.312. The van der Waals surface area contributed by atoms with Gasteiger partial charge in [0.15, 0.2) is 11.0 Å². The van der Waals surface area contributed by atoms with Crippen molar-refractivity contribution in [3.05, 3.63) is 42.5 Å². The molecule has 0 fully saturated rings. The van der Waals surface area contributed by atoms with Gasteiger partial charge in [0.05, 0.1) is 5.75 Å². The first kappa shape index (κ1) is 16.3. The zero-order valence-corrected chi connectivity index (χ0v) is 13.7. The van der Waals surface area contributed by atoms with Crippen molar-refractivity contribution in [2.45, 2.75) is 25.5 Å². The Hall–Kier alpha value is -2.08. The van der Waals surface area contributed by atoms with Crippen molar-refractivity contribution in [1.29, 1.82) is 0 Å². The van der Waals surface area contributed by atoms with E-state index >= 15 is 0 Å². The SMILES string of the molecule is C=CCNC(=O)CSc1nnc(-c2ccccc2C)n1CC. The predicted octanol–water partition coefficient (Wildman–Crippen LogP) is 2.67. The zero-order chi connectivity index (χ0) is 15.9. The van der Waals surface area contributed by atoms with Gasteiger partial charge in [-0.3, -0.25) is 4.79 Å². The summed E-state index contributed by atoms with van der Waals surface area (Å²) in [7, 11) is 0. The van der Waals surface area contributed by atoms with Crippen LogP contribution in [0.4, 0.5) is 0 Å². The first-order valence-electron chi connectivity index (χ1n) is 7.17. The molecule has 0 aliphatic rings. The van der Waals surface area contributed by atoms with Gasteiger partial charge < -0.3 is 9.88 Å². The molecule has 0 radical (unpaired) electrons. The summed E-state index contributed by atoms with van der Waals surface area (Å²) >= 11 is 1.39. The summed E-state index contributed by atoms with van der Waals surface area (Å²) < 4.78 is 2.04. The number of hydrogen-bond donors (Lipinski definition) is 1. The molecular weight excluding hydrogens is 296 g/mol. The van der Waals surface area contributed by atoms with Crippen molar-refractivity contribution >= 4 is 17.7 Å². The lowest BCUT2D eigenvalue weighted by Crippen LogP contribution is -2.25. The summed E-state index contributed by atoms with van der Waals surface area (Å²) in [5.41, 5.74) is 2.23. The fourth-order valence-corrected chi connectivity index (χ4v) is 2.90. The maximum Gasteiger partial charge on any atom is 0.230 e. The molecular formula is C16H20N4OS. The van der Waals surface area contributed by atoms with Gasteiger partial charge in [-0.1, -0.05) is 42.1 Å². The molecule has 1 amide bonds. The van der Waals surface area contributed by atoms with Gasteiger partial charge in [0.1, 0.15) is 0 Å². The topological polar surface area (TPSA) is 59.8 Å². The number of carbonyl (C=O) groups is 1. The van der Waals surface area contributed by atoms with E-state index in [0.29, 0.717) is 12.3 Å². The molecule has 0 saturated carbocycles. The van der Waals surface area contributed by atoms with Crippen LogP contribution in [0.25, 0.3) is 11.4 Å². The highest BCUT2D eigenvalue weighted by Gasteiger charge is 2.15. The first-order chi connectivity index (χ1) is 10.7. The van der Waals surface area contributed by atoms with Crippen LogP contribution in [0.3, 0.4) is 0 Å². The van der Waals surface area contributed by atoms with E-state index in [1.54, 1.807) is 6.08 Å². The van der Waals surface area contributed by atoms with Gasteiger partial charge in [0.2, 0.25) is 5.91 Å². The van der Waals surface area contributed by atoms with Crippen LogP contribution in [0.2, 0.25) is 0 Å². The van der Waals surface area contributed by atoms with Crippen LogP contribution in [-0.2, 0) is 11.3 Å². The third-order valence-corrected chi connectivity index (χ3v) is 4.16. The number of nitrogens with zero attached hydrogens (tertiary/aromatic N) is 3. The van der Waals surface area contributed by atoms with Gasteiger partial charge in [-0.15, -0.1) is 16.8 Å². The molecule has 2 aromatic rings. The van der Waals surface area contributed by atoms with Gasteiger partial charge in [0, 0.05) is 18.7 Å². The summed E-state index contributed by atoms with van der Waals surface area (Å²) in [6, 6.07) is 8.09. The maximum atomic E-state index is 11.7. The van der Waals surface area contributed by atoms with Crippen molar-refractivity contribution in [2.24, 2.45) is 0 Å². The van der Waals surface area contributed by atoms with Crippen molar-refractivity contribution in [2.75, 3.05) is 12.3 Å². The van der Waals surface area contributed by atoms with Gasteiger partial charge >= 0.3 is 0 Å². The van der Waals surface area contributed by atoms with E-state index in [-0.39, 0.29) is 5.91 Å². The standard InChI is InChI=1S/C16H20N4OS/c1-4-10-17-14(21)11-22-16-19-18-15(20(16)5-2)13-9-7-6-8-12(13)3/h4,6-9H,1,5,10-11H2,2-3H3,(H,17,21). The summed E-state index contributed by atoms with van der Waals surface area (Å²) in [5.74, 6) is 1.13. The van der Waals surface area contributed by atoms with Crippen LogP contribution >= 0.6 is 11.8 Å². The second kappa shape index (κ2) is 7.79. The molecule has 1 heterocycles. The third kappa shape index (κ3) is 3.76. The summed E-state index contributed by atoms with van der Waals surface area (Å²) in [5, 5.41) is 12.0. The number of nitrogens with one attached hydrogen (secondary N) is 1. The number of rotatable bonds is 7. The summed E-state index contributed by atoms with van der Waals surface area (Å²) in [6.45, 7) is 8.92. The smallest absolute Gasteiger partial charge is 0.230 e. The average Bonchev–Trinajstić information content (AvgIpc) is 2.94. The minimum atomic E-state index is -0.0343. The molecule has 5 nitrogen and oxygen atoms in total. The zero-order valence-electron chi connectivity index (χ0n) is 12.9. The van der Waals surface area contributed by atoms with E-state index in [2.05, 4.69) is 35.1 Å². The van der Waals surface area contributed by atoms with Gasteiger partial charge in [-0.05, 0) is 19.4 Å². The molecule has 1 aromatic heterocycles. The van der Waals surface area contributed by atoms with Crippen LogP contribution in [0, 0.1) is 6.92 Å². The van der Waals surface area contributed by atoms with Crippen molar-refractivity contribution in [3.8, 4) is 11.4 Å². The van der Waals surface area contributed by atoms with Gasteiger partial charge in [0.25, 0.3) is 0 Å². The van der Waals surface area contributed by atoms with E-state index in [0.717, 1.165) is 28.7 Å². The molecule has 2 rings (SSSR count). The van der Waals surface area contributed by atoms with E-state index < -0.39 is 0 Å². The monoisotopic (exact) mass is 316 g/mol. The predicted molar refractivity (Wildman–Crippen MR) is 89.8 cm³/mol. The Bertz CT molecular complexity index is 666. The Morgan fingerprint density at radius 3 is 2.86 bits per heavy atom. The number of carbonyl (C=O) groups excluding carboxylic acids is 1. The molecule has 0 aliphatic heterocycles. The third-order valence-electron chi connectivity index (χ3n) is 3.19. The lowest BCUT2D eigenvalue weighted by atomic mass is 10.1. The number of aryl methyl sites for hydroxylation is 1. The van der Waals surface area contributed by atoms with Crippen molar-refractivity contribution < 1.29 is 4.79 Å². The second-order valence-electron chi connectivity index (χ2n) is 4.75. The Morgan fingerprint density at radius 2 is 2.18 bits per heavy atom. The minimum absolute atomic E-state index is 0.0343. The minimum Gasteiger partial charge on any atom is -0.352 e. The largest absolute Gasteiger partial charge is 0.352 e. The Kier molecular flexibility index (Phi) is 5.77. The van der Waals surface area contributed by atoms with E-state index in [9.17, 15) is 4.79 Å². The van der Waals surface area contributed by atoms with E-state index in [1.807, 2.05) is 29.7 Å². The van der Waals surface area contributed by atoms with Crippen LogP contribution in [0.1, 0.15) is 12.5 Å². The van der Waals surface area contributed by atoms with Crippen molar-refractivity contribution in [3.63, 3.8) is 0 Å². The number of thioether (sulfide) groups is 1. The highest BCUT2D eigenvalue weighted by molar-refractivity contribution is 7.99. The Labute approximate surface area is 134 Å². The highest BCUT2D eigenvalue weighted by atomic mass is 32.2. The van der Waals surface area contributed by atoms with Crippen LogP contribution in [0.5, 0.6) is 0 Å². The number of aromatic nitrogens is 3. The average molecular weight is 316 g/mol. The van der Waals surface area contributed by atoms with Crippen LogP contribution in [0.15, 0.2) is 42.1 Å². The molecule has 0 aliphatic carbocycles. The Morgan fingerprint density at radius 1 is 1.41 bits per heavy atom. The van der Waals surface area contributed by atoms with Crippen LogP contribution in [-0.4, -0.2) is 33.0 Å². The summed E-state index contributed by atoms with van der Waals surface area (Å²) in [4.78, 5) is 11.7. The number of amides is 1. The first-order valence-corrected chi connectivity index (χ1v) is 8.15. The number of hydrogen-bond acceptors (Lipinski definition) is 4. The van der Waals surface area contributed by atoms with E-state index in [4.69, 9.17) is 0 Å². The molecule has 0 spiro atoms. The molecule has 0 unspecified atom stereocenters. The summed E-state index contributed by atoms with van der Waals surface area (Å²) in [6.07, 6.45) is 1.66. The highest BCUT2D eigenvalue weighted by Crippen LogP contribution is 2.25. The molecule has 6 heteroatoms. The maximum absolute atomic E-state index is 11.7. The number of benzene rings is 1. The lowest BCUT2D eigenvalue weighted by Gasteiger charge is -2.09. The second-order valence-corrected chi connectivity index (χ2v) is 5.69. The van der Waals surface area contributed by atoms with Gasteiger partial charge in [-0.25, -0.2) is 0 Å². The van der Waals surface area contributed by atoms with Gasteiger partial charge in [-0.2, -0.15) is 0 Å². The lowest BCUT2D eigenvalue weighted by molar-refractivity contribution is -0.118. The molecule has 116 valence electrons. The molecule has 0 saturated heterocycles. The normalized spacial score (nSPS) is 10.5.